The average Bonchev–Trinajstić information content (AvgIpc) is 3.11. The fourth-order valence-corrected chi connectivity index (χ4v) is 3.87. The minimum Gasteiger partial charge on any atom is -0.790 e. The molecule has 2 aromatic carbocycles. The SMILES string of the molecule is O=C1O[C@@H](COP(=O)([O-])[O-])CN1c1ccc2cc(-c3ccccc3C(F)(F)F)[nH]c(=O)c2c1.[Na+].[Na+]. The van der Waals surface area contributed by atoms with Crippen LogP contribution in [0.25, 0.3) is 22.0 Å². The van der Waals surface area contributed by atoms with Crippen molar-refractivity contribution in [1.29, 1.82) is 0 Å². The van der Waals surface area contributed by atoms with Crippen molar-refractivity contribution in [2.24, 2.45) is 0 Å². The second-order valence-electron chi connectivity index (χ2n) is 7.19. The Balaban J connectivity index is 0.00000216. The van der Waals surface area contributed by atoms with Gasteiger partial charge < -0.3 is 28.6 Å². The molecule has 35 heavy (non-hydrogen) atoms. The van der Waals surface area contributed by atoms with Gasteiger partial charge in [-0.05, 0) is 29.7 Å². The van der Waals surface area contributed by atoms with Crippen molar-refractivity contribution in [3.8, 4) is 11.3 Å². The number of carbonyl (C=O) groups excluding carboxylic acids is 1. The Hall–Kier alpha value is -1.18. The summed E-state index contributed by atoms with van der Waals surface area (Å²) in [7, 11) is -5.24. The van der Waals surface area contributed by atoms with Crippen molar-refractivity contribution in [2.75, 3.05) is 18.1 Å². The van der Waals surface area contributed by atoms with Crippen molar-refractivity contribution >= 4 is 30.4 Å². The van der Waals surface area contributed by atoms with Crippen molar-refractivity contribution in [3.63, 3.8) is 0 Å². The second-order valence-corrected chi connectivity index (χ2v) is 8.34. The molecule has 0 aliphatic carbocycles. The number of anilines is 1. The quantitative estimate of drug-likeness (QED) is 0.267. The van der Waals surface area contributed by atoms with Crippen molar-refractivity contribution < 1.29 is 101 Å². The Morgan fingerprint density at radius 2 is 1.80 bits per heavy atom. The molecule has 0 unspecified atom stereocenters. The number of hydrogen-bond acceptors (Lipinski definition) is 7. The molecule has 1 aromatic heterocycles. The van der Waals surface area contributed by atoms with E-state index in [2.05, 4.69) is 9.51 Å². The number of fused-ring (bicyclic) bond motifs is 1. The number of aromatic nitrogens is 1. The van der Waals surface area contributed by atoms with E-state index < -0.39 is 43.9 Å². The zero-order valence-electron chi connectivity index (χ0n) is 18.5. The third-order valence-electron chi connectivity index (χ3n) is 4.96. The molecule has 9 nitrogen and oxygen atoms in total. The fraction of sp³-hybridized carbons (Fsp3) is 0.200. The number of nitrogens with zero attached hydrogens (tertiary/aromatic N) is 1. The van der Waals surface area contributed by atoms with Crippen LogP contribution in [0.3, 0.4) is 0 Å². The van der Waals surface area contributed by atoms with Gasteiger partial charge in [-0.25, -0.2) is 4.79 Å². The van der Waals surface area contributed by atoms with Gasteiger partial charge >= 0.3 is 71.4 Å². The van der Waals surface area contributed by atoms with Crippen molar-refractivity contribution in [1.82, 2.24) is 4.98 Å². The number of phosphoric ester groups is 1. The van der Waals surface area contributed by atoms with Crippen LogP contribution in [-0.4, -0.2) is 30.3 Å². The molecular formula is C20H14F3N2Na2O7P. The summed E-state index contributed by atoms with van der Waals surface area (Å²) < 4.78 is 59.8. The van der Waals surface area contributed by atoms with E-state index in [1.54, 1.807) is 0 Å². The number of cyclic esters (lactones) is 1. The minimum atomic E-state index is -5.24. The molecule has 174 valence electrons. The molecule has 15 heteroatoms. The van der Waals surface area contributed by atoms with Crippen LogP contribution in [0.1, 0.15) is 5.56 Å². The third-order valence-corrected chi connectivity index (χ3v) is 5.42. The first-order chi connectivity index (χ1) is 15.4. The number of aromatic amines is 1. The standard InChI is InChI=1S/C20H16F3N2O7P.2Na/c21-20(22,23)16-4-2-1-3-14(16)17-7-11-5-6-12(8-15(11)18(26)24-17)25-9-13(32-19(25)27)10-31-33(28,29)30;;/h1-8,13H,9-10H2,(H,24,26)(H2,28,29,30);;/q;2*+1/p-2/t13-;;/m1../s1. The molecule has 0 saturated carbocycles. The third kappa shape index (κ3) is 6.98. The summed E-state index contributed by atoms with van der Waals surface area (Å²) in [5.41, 5.74) is -1.55. The maximum atomic E-state index is 13.4. The molecule has 1 saturated heterocycles. The summed E-state index contributed by atoms with van der Waals surface area (Å²) >= 11 is 0. The molecule has 2 heterocycles. The molecule has 3 aromatic rings. The number of carbonyl (C=O) groups is 1. The Labute approximate surface area is 240 Å². The summed E-state index contributed by atoms with van der Waals surface area (Å²) in [4.78, 5) is 49.6. The van der Waals surface area contributed by atoms with Crippen LogP contribution in [-0.2, 0) is 20.0 Å². The van der Waals surface area contributed by atoms with Crippen LogP contribution >= 0.6 is 7.82 Å². The summed E-state index contributed by atoms with van der Waals surface area (Å²) in [6, 6.07) is 10.5. The van der Waals surface area contributed by atoms with Gasteiger partial charge in [-0.3, -0.25) is 9.69 Å². The van der Waals surface area contributed by atoms with Gasteiger partial charge in [-0.2, -0.15) is 13.2 Å². The molecule has 1 aliphatic heterocycles. The van der Waals surface area contributed by atoms with E-state index in [9.17, 15) is 37.1 Å². The summed E-state index contributed by atoms with van der Waals surface area (Å²) in [5.74, 6) is 0. The first kappa shape index (κ1) is 30.0. The van der Waals surface area contributed by atoms with Gasteiger partial charge in [0, 0.05) is 22.3 Å². The predicted molar refractivity (Wildman–Crippen MR) is 106 cm³/mol. The van der Waals surface area contributed by atoms with Gasteiger partial charge in [0.05, 0.1) is 26.5 Å². The largest absolute Gasteiger partial charge is 1.00 e. The van der Waals surface area contributed by atoms with E-state index in [1.807, 2.05) is 0 Å². The molecule has 0 bridgehead atoms. The number of amides is 1. The summed E-state index contributed by atoms with van der Waals surface area (Å²) in [6.07, 6.45) is -6.49. The predicted octanol–water partition coefficient (Wildman–Crippen LogP) is -3.61. The first-order valence-corrected chi connectivity index (χ1v) is 10.9. The molecule has 1 N–H and O–H groups in total. The zero-order chi connectivity index (χ0) is 24.0. The molecule has 1 aliphatic rings. The van der Waals surface area contributed by atoms with E-state index in [0.717, 1.165) is 11.0 Å². The van der Waals surface area contributed by atoms with Crippen LogP contribution in [0, 0.1) is 0 Å². The Kier molecular flexibility index (Phi) is 9.85. The van der Waals surface area contributed by atoms with Crippen LogP contribution < -0.4 is 79.4 Å². The monoisotopic (exact) mass is 528 g/mol. The van der Waals surface area contributed by atoms with Gasteiger partial charge in [0.25, 0.3) is 5.56 Å². The number of hydrogen-bond donors (Lipinski definition) is 1. The van der Waals surface area contributed by atoms with Gasteiger partial charge in [-0.15, -0.1) is 0 Å². The number of H-pyrrole nitrogens is 1. The van der Waals surface area contributed by atoms with Gasteiger partial charge in [-0.1, -0.05) is 24.3 Å². The van der Waals surface area contributed by atoms with E-state index in [-0.39, 0.29) is 88.0 Å². The smallest absolute Gasteiger partial charge is 0.790 e. The topological polar surface area (TPSA) is 135 Å². The molecular weight excluding hydrogens is 514 g/mol. The average molecular weight is 528 g/mol. The summed E-state index contributed by atoms with van der Waals surface area (Å²) in [6.45, 7) is -0.790. The number of benzene rings is 2. The number of pyridine rings is 1. The molecule has 1 amide bonds. The second kappa shape index (κ2) is 11.5. The number of phosphoric acid groups is 1. The fourth-order valence-electron chi connectivity index (χ4n) is 3.52. The van der Waals surface area contributed by atoms with E-state index >= 15 is 0 Å². The number of ether oxygens (including phenoxy) is 1. The number of nitrogens with one attached hydrogen (secondary N) is 1. The normalized spacial score (nSPS) is 16.0. The van der Waals surface area contributed by atoms with Crippen LogP contribution in [0.2, 0.25) is 0 Å². The van der Waals surface area contributed by atoms with Crippen molar-refractivity contribution in [2.45, 2.75) is 12.3 Å². The van der Waals surface area contributed by atoms with E-state index in [0.29, 0.717) is 5.39 Å². The minimum absolute atomic E-state index is 0. The molecule has 4 rings (SSSR count). The Morgan fingerprint density at radius 3 is 2.46 bits per heavy atom. The number of rotatable bonds is 5. The van der Waals surface area contributed by atoms with E-state index in [4.69, 9.17) is 4.74 Å². The Morgan fingerprint density at radius 1 is 1.11 bits per heavy atom. The molecule has 1 fully saturated rings. The van der Waals surface area contributed by atoms with Crippen LogP contribution in [0.5, 0.6) is 0 Å². The number of halogens is 3. The van der Waals surface area contributed by atoms with Gasteiger partial charge in [0.2, 0.25) is 0 Å². The summed E-state index contributed by atoms with van der Waals surface area (Å²) in [5, 5.41) is 0.442. The number of alkyl halides is 3. The van der Waals surface area contributed by atoms with Crippen LogP contribution in [0.4, 0.5) is 23.7 Å². The van der Waals surface area contributed by atoms with E-state index in [1.165, 1.54) is 42.5 Å². The van der Waals surface area contributed by atoms with Gasteiger partial charge in [0.15, 0.2) is 0 Å². The molecule has 1 atom stereocenters. The van der Waals surface area contributed by atoms with Crippen molar-refractivity contribution in [3.05, 3.63) is 64.4 Å². The zero-order valence-corrected chi connectivity index (χ0v) is 23.4. The molecule has 0 spiro atoms. The van der Waals surface area contributed by atoms with Crippen LogP contribution in [0.15, 0.2) is 53.3 Å². The molecule has 0 radical (unpaired) electrons. The van der Waals surface area contributed by atoms with Gasteiger partial charge in [0.1, 0.15) is 6.10 Å². The first-order valence-electron chi connectivity index (χ1n) is 9.41. The maximum absolute atomic E-state index is 13.4. The maximum Gasteiger partial charge on any atom is 1.00 e. The Bertz CT molecular complexity index is 1350.